The van der Waals surface area contributed by atoms with Crippen LogP contribution in [0.5, 0.6) is 0 Å². The first-order valence-electron chi connectivity index (χ1n) is 9.21. The number of anilines is 3. The third-order valence-electron chi connectivity index (χ3n) is 4.34. The Kier molecular flexibility index (Phi) is 6.04. The van der Waals surface area contributed by atoms with Crippen molar-refractivity contribution >= 4 is 17.5 Å². The fourth-order valence-corrected chi connectivity index (χ4v) is 3.13. The molecule has 0 atom stereocenters. The van der Waals surface area contributed by atoms with Crippen molar-refractivity contribution in [3.05, 3.63) is 65.2 Å². The summed E-state index contributed by atoms with van der Waals surface area (Å²) in [6, 6.07) is 16.3. The molecule has 3 rings (SSSR count). The van der Waals surface area contributed by atoms with Gasteiger partial charge in [-0.1, -0.05) is 48.0 Å². The van der Waals surface area contributed by atoms with E-state index >= 15 is 0 Å². The highest BCUT2D eigenvalue weighted by Gasteiger charge is 2.10. The Labute approximate surface area is 160 Å². The molecule has 0 amide bonds. The van der Waals surface area contributed by atoms with Crippen LogP contribution < -0.4 is 10.6 Å². The van der Waals surface area contributed by atoms with Crippen molar-refractivity contribution in [2.45, 2.75) is 27.2 Å². The average molecular weight is 362 g/mol. The number of aryl methyl sites for hydroxylation is 3. The summed E-state index contributed by atoms with van der Waals surface area (Å²) in [4.78, 5) is 9.25. The fourth-order valence-electron chi connectivity index (χ4n) is 3.13. The molecule has 2 aromatic carbocycles. The monoisotopic (exact) mass is 362 g/mol. The van der Waals surface area contributed by atoms with E-state index in [-0.39, 0.29) is 6.61 Å². The molecule has 0 bridgehead atoms. The Morgan fingerprint density at radius 2 is 1.63 bits per heavy atom. The third-order valence-corrected chi connectivity index (χ3v) is 4.34. The zero-order chi connectivity index (χ0) is 19.2. The van der Waals surface area contributed by atoms with Crippen LogP contribution in [0.25, 0.3) is 11.3 Å². The summed E-state index contributed by atoms with van der Waals surface area (Å²) in [6.07, 6.45) is 0.651. The molecular formula is C22H26N4O. The number of rotatable bonds is 7. The first-order chi connectivity index (χ1) is 13.1. The molecule has 0 fully saturated rings. The van der Waals surface area contributed by atoms with Crippen LogP contribution in [0.15, 0.2) is 48.5 Å². The summed E-state index contributed by atoms with van der Waals surface area (Å²) in [7, 11) is 0. The van der Waals surface area contributed by atoms with E-state index in [0.29, 0.717) is 18.9 Å². The number of aliphatic hydroxyl groups is 1. The maximum Gasteiger partial charge on any atom is 0.225 e. The first-order valence-corrected chi connectivity index (χ1v) is 9.21. The van der Waals surface area contributed by atoms with Crippen LogP contribution >= 0.6 is 0 Å². The second-order valence-corrected chi connectivity index (χ2v) is 6.73. The molecular weight excluding hydrogens is 336 g/mol. The van der Waals surface area contributed by atoms with Crippen molar-refractivity contribution in [1.29, 1.82) is 0 Å². The van der Waals surface area contributed by atoms with Crippen LogP contribution in [-0.2, 0) is 0 Å². The maximum absolute atomic E-state index is 9.02. The van der Waals surface area contributed by atoms with E-state index in [4.69, 9.17) is 5.11 Å². The van der Waals surface area contributed by atoms with Gasteiger partial charge in [0.15, 0.2) is 0 Å². The van der Waals surface area contributed by atoms with E-state index in [9.17, 15) is 0 Å². The smallest absolute Gasteiger partial charge is 0.225 e. The molecule has 1 aromatic heterocycles. The van der Waals surface area contributed by atoms with Crippen molar-refractivity contribution in [1.82, 2.24) is 9.97 Å². The number of hydrogen-bond donors (Lipinski definition) is 3. The molecule has 140 valence electrons. The molecule has 5 nitrogen and oxygen atoms in total. The molecule has 3 aromatic rings. The molecule has 27 heavy (non-hydrogen) atoms. The Hall–Kier alpha value is -2.92. The van der Waals surface area contributed by atoms with E-state index in [1.165, 1.54) is 16.7 Å². The predicted molar refractivity (Wildman–Crippen MR) is 112 cm³/mol. The molecule has 1 heterocycles. The van der Waals surface area contributed by atoms with E-state index in [1.54, 1.807) is 0 Å². The van der Waals surface area contributed by atoms with Gasteiger partial charge < -0.3 is 15.7 Å². The molecule has 0 radical (unpaired) electrons. The van der Waals surface area contributed by atoms with Gasteiger partial charge in [-0.15, -0.1) is 0 Å². The standard InChI is InChI=1S/C22H26N4O/c1-15-12-16(2)21(17(3)13-15)25-20-14-19(18-8-5-4-6-9-18)24-22(26-20)23-10-7-11-27/h4-6,8-9,12-14,27H,7,10-11H2,1-3H3,(H2,23,24,25,26). The summed E-state index contributed by atoms with van der Waals surface area (Å²) < 4.78 is 0. The Morgan fingerprint density at radius 1 is 0.926 bits per heavy atom. The summed E-state index contributed by atoms with van der Waals surface area (Å²) in [5, 5.41) is 15.7. The number of aliphatic hydroxyl groups excluding tert-OH is 1. The molecule has 0 saturated carbocycles. The number of nitrogens with zero attached hydrogens (tertiary/aromatic N) is 2. The van der Waals surface area contributed by atoms with Crippen LogP contribution in [0.3, 0.4) is 0 Å². The highest BCUT2D eigenvalue weighted by molar-refractivity contribution is 5.70. The SMILES string of the molecule is Cc1cc(C)c(Nc2cc(-c3ccccc3)nc(NCCCO)n2)c(C)c1. The van der Waals surface area contributed by atoms with Gasteiger partial charge in [-0.3, -0.25) is 0 Å². The Bertz CT molecular complexity index is 886. The lowest BCUT2D eigenvalue weighted by Crippen LogP contribution is -2.09. The van der Waals surface area contributed by atoms with Gasteiger partial charge in [0.2, 0.25) is 5.95 Å². The zero-order valence-electron chi connectivity index (χ0n) is 16.1. The minimum Gasteiger partial charge on any atom is -0.396 e. The summed E-state index contributed by atoms with van der Waals surface area (Å²) >= 11 is 0. The van der Waals surface area contributed by atoms with E-state index < -0.39 is 0 Å². The minimum absolute atomic E-state index is 0.137. The molecule has 0 spiro atoms. The molecule has 0 aliphatic carbocycles. The lowest BCUT2D eigenvalue weighted by molar-refractivity contribution is 0.292. The van der Waals surface area contributed by atoms with Gasteiger partial charge in [0, 0.05) is 30.5 Å². The summed E-state index contributed by atoms with van der Waals surface area (Å²) in [6.45, 7) is 7.06. The van der Waals surface area contributed by atoms with Crippen LogP contribution in [-0.4, -0.2) is 28.2 Å². The van der Waals surface area contributed by atoms with Gasteiger partial charge in [-0.25, -0.2) is 4.98 Å². The van der Waals surface area contributed by atoms with E-state index in [1.807, 2.05) is 36.4 Å². The van der Waals surface area contributed by atoms with Crippen molar-refractivity contribution in [3.8, 4) is 11.3 Å². The number of nitrogens with one attached hydrogen (secondary N) is 2. The largest absolute Gasteiger partial charge is 0.396 e. The molecule has 5 heteroatoms. The topological polar surface area (TPSA) is 70.1 Å². The number of aromatic nitrogens is 2. The van der Waals surface area contributed by atoms with Gasteiger partial charge >= 0.3 is 0 Å². The molecule has 0 aliphatic heterocycles. The number of hydrogen-bond acceptors (Lipinski definition) is 5. The van der Waals surface area contributed by atoms with Crippen LogP contribution in [0.1, 0.15) is 23.1 Å². The van der Waals surface area contributed by atoms with Crippen molar-refractivity contribution in [2.24, 2.45) is 0 Å². The lowest BCUT2D eigenvalue weighted by atomic mass is 10.1. The van der Waals surface area contributed by atoms with Crippen molar-refractivity contribution < 1.29 is 5.11 Å². The van der Waals surface area contributed by atoms with Gasteiger partial charge in [-0.05, 0) is 38.3 Å². The molecule has 0 aliphatic rings. The molecule has 0 unspecified atom stereocenters. The van der Waals surface area contributed by atoms with Gasteiger partial charge in [0.05, 0.1) is 5.69 Å². The maximum atomic E-state index is 9.02. The normalized spacial score (nSPS) is 10.7. The lowest BCUT2D eigenvalue weighted by Gasteiger charge is -2.15. The predicted octanol–water partition coefficient (Wildman–Crippen LogP) is 4.61. The minimum atomic E-state index is 0.137. The summed E-state index contributed by atoms with van der Waals surface area (Å²) in [5.41, 5.74) is 6.56. The molecule has 3 N–H and O–H groups in total. The zero-order valence-corrected chi connectivity index (χ0v) is 16.1. The number of benzene rings is 2. The molecule has 0 saturated heterocycles. The third kappa shape index (κ3) is 4.83. The average Bonchev–Trinajstić information content (AvgIpc) is 2.65. The van der Waals surface area contributed by atoms with E-state index in [0.717, 1.165) is 22.8 Å². The van der Waals surface area contributed by atoms with Crippen molar-refractivity contribution in [3.63, 3.8) is 0 Å². The second kappa shape index (κ2) is 8.64. The van der Waals surface area contributed by atoms with Gasteiger partial charge in [0.25, 0.3) is 0 Å². The summed E-state index contributed by atoms with van der Waals surface area (Å²) in [5.74, 6) is 1.29. The fraction of sp³-hybridized carbons (Fsp3) is 0.273. The van der Waals surface area contributed by atoms with Crippen LogP contribution in [0, 0.1) is 20.8 Å². The Morgan fingerprint density at radius 3 is 2.30 bits per heavy atom. The Balaban J connectivity index is 1.97. The van der Waals surface area contributed by atoms with Gasteiger partial charge in [0.1, 0.15) is 5.82 Å². The van der Waals surface area contributed by atoms with Crippen LogP contribution in [0.2, 0.25) is 0 Å². The van der Waals surface area contributed by atoms with E-state index in [2.05, 4.69) is 53.5 Å². The van der Waals surface area contributed by atoms with Crippen LogP contribution in [0.4, 0.5) is 17.5 Å². The first kappa shape index (κ1) is 18.9. The second-order valence-electron chi connectivity index (χ2n) is 6.73. The van der Waals surface area contributed by atoms with Gasteiger partial charge in [-0.2, -0.15) is 4.98 Å². The van der Waals surface area contributed by atoms with Crippen molar-refractivity contribution in [2.75, 3.05) is 23.8 Å². The highest BCUT2D eigenvalue weighted by atomic mass is 16.3. The quantitative estimate of drug-likeness (QED) is 0.536. The highest BCUT2D eigenvalue weighted by Crippen LogP contribution is 2.28.